The van der Waals surface area contributed by atoms with Gasteiger partial charge < -0.3 is 5.32 Å². The molecular formula is C13H17N3O3S. The van der Waals surface area contributed by atoms with E-state index in [2.05, 4.69) is 10.3 Å². The third-order valence-electron chi connectivity index (χ3n) is 2.95. The first-order valence-corrected chi connectivity index (χ1v) is 7.34. The lowest BCUT2D eigenvalue weighted by Crippen LogP contribution is -2.40. The minimum absolute atomic E-state index is 0.247. The van der Waals surface area contributed by atoms with Gasteiger partial charge in [-0.25, -0.2) is 4.79 Å². The number of aromatic nitrogens is 2. The van der Waals surface area contributed by atoms with E-state index in [0.717, 1.165) is 22.3 Å². The van der Waals surface area contributed by atoms with Crippen LogP contribution in [0.3, 0.4) is 0 Å². The van der Waals surface area contributed by atoms with Gasteiger partial charge in [0.25, 0.3) is 5.56 Å². The lowest BCUT2D eigenvalue weighted by molar-refractivity contribution is -0.121. The van der Waals surface area contributed by atoms with Crippen LogP contribution in [0.5, 0.6) is 0 Å². The fraction of sp³-hybridized carbons (Fsp3) is 0.462. The molecule has 2 aromatic rings. The fourth-order valence-corrected chi connectivity index (χ4v) is 2.81. The number of carbonyl (C=O) groups is 1. The number of unbranched alkanes of at least 4 members (excludes halogenated alkanes) is 1. The van der Waals surface area contributed by atoms with E-state index in [1.165, 1.54) is 11.3 Å². The van der Waals surface area contributed by atoms with E-state index in [1.54, 1.807) is 6.07 Å². The average molecular weight is 295 g/mol. The fourth-order valence-electron chi connectivity index (χ4n) is 1.92. The molecule has 6 nitrogen and oxygen atoms in total. The molecule has 0 aliphatic heterocycles. The first-order valence-electron chi connectivity index (χ1n) is 6.53. The Balaban J connectivity index is 2.28. The molecule has 0 fully saturated rings. The highest BCUT2D eigenvalue weighted by atomic mass is 32.1. The molecule has 2 heterocycles. The Bertz CT molecular complexity index is 741. The Morgan fingerprint density at radius 1 is 1.45 bits per heavy atom. The first-order chi connectivity index (χ1) is 9.52. The van der Waals surface area contributed by atoms with Crippen LogP contribution >= 0.6 is 11.3 Å². The zero-order valence-electron chi connectivity index (χ0n) is 11.5. The predicted octanol–water partition coefficient (Wildman–Crippen LogP) is 0.976. The summed E-state index contributed by atoms with van der Waals surface area (Å²) >= 11 is 1.36. The number of aromatic amines is 1. The summed E-state index contributed by atoms with van der Waals surface area (Å²) in [6.07, 6.45) is 1.85. The summed E-state index contributed by atoms with van der Waals surface area (Å²) in [4.78, 5) is 39.9. The van der Waals surface area contributed by atoms with Gasteiger partial charge in [-0.3, -0.25) is 19.1 Å². The second-order valence-electron chi connectivity index (χ2n) is 4.62. The molecule has 0 radical (unpaired) electrons. The average Bonchev–Trinajstić information content (AvgIpc) is 2.75. The van der Waals surface area contributed by atoms with Gasteiger partial charge >= 0.3 is 5.69 Å². The maximum Gasteiger partial charge on any atom is 0.329 e. The van der Waals surface area contributed by atoms with E-state index < -0.39 is 11.2 Å². The van der Waals surface area contributed by atoms with E-state index >= 15 is 0 Å². The summed E-state index contributed by atoms with van der Waals surface area (Å²) in [6.45, 7) is 4.20. The summed E-state index contributed by atoms with van der Waals surface area (Å²) in [5.41, 5.74) is -0.964. The summed E-state index contributed by atoms with van der Waals surface area (Å²) in [5.74, 6) is -0.322. The molecule has 0 bridgehead atoms. The molecule has 108 valence electrons. The lowest BCUT2D eigenvalue weighted by atomic mass is 10.3. The largest absolute Gasteiger partial charge is 0.355 e. The van der Waals surface area contributed by atoms with E-state index in [4.69, 9.17) is 0 Å². The van der Waals surface area contributed by atoms with Crippen molar-refractivity contribution in [3.63, 3.8) is 0 Å². The van der Waals surface area contributed by atoms with E-state index in [0.29, 0.717) is 16.8 Å². The number of nitrogens with zero attached hydrogens (tertiary/aromatic N) is 1. The van der Waals surface area contributed by atoms with Gasteiger partial charge in [-0.1, -0.05) is 13.3 Å². The third-order valence-corrected chi connectivity index (χ3v) is 3.92. The predicted molar refractivity (Wildman–Crippen MR) is 79.4 cm³/mol. The standard InChI is InChI=1S/C13H17N3O3S/c1-3-4-5-14-10(17)7-16-12(18)9-6-8(2)20-11(9)15-13(16)19/h6H,3-5,7H2,1-2H3,(H,14,17)(H,15,19). The van der Waals surface area contributed by atoms with Crippen LogP contribution in [0.4, 0.5) is 0 Å². The number of thiophene rings is 1. The van der Waals surface area contributed by atoms with Crippen LogP contribution in [0.15, 0.2) is 15.7 Å². The zero-order chi connectivity index (χ0) is 14.7. The van der Waals surface area contributed by atoms with Gasteiger partial charge in [0.1, 0.15) is 11.4 Å². The number of aryl methyl sites for hydroxylation is 1. The van der Waals surface area contributed by atoms with Gasteiger partial charge in [-0.05, 0) is 19.4 Å². The Hall–Kier alpha value is -1.89. The Morgan fingerprint density at radius 3 is 2.90 bits per heavy atom. The van der Waals surface area contributed by atoms with Crippen molar-refractivity contribution in [3.05, 3.63) is 31.8 Å². The number of hydrogen-bond acceptors (Lipinski definition) is 4. The second-order valence-corrected chi connectivity index (χ2v) is 5.88. The number of H-pyrrole nitrogens is 1. The summed E-state index contributed by atoms with van der Waals surface area (Å²) in [6, 6.07) is 1.73. The van der Waals surface area contributed by atoms with Crippen LogP contribution in [-0.4, -0.2) is 22.0 Å². The second kappa shape index (κ2) is 6.04. The van der Waals surface area contributed by atoms with E-state index in [-0.39, 0.29) is 12.5 Å². The van der Waals surface area contributed by atoms with Gasteiger partial charge in [-0.15, -0.1) is 11.3 Å². The molecular weight excluding hydrogens is 278 g/mol. The quantitative estimate of drug-likeness (QED) is 0.806. The van der Waals surface area contributed by atoms with E-state index in [9.17, 15) is 14.4 Å². The van der Waals surface area contributed by atoms with Gasteiger partial charge in [0.15, 0.2) is 0 Å². The normalized spacial score (nSPS) is 10.9. The molecule has 0 aliphatic carbocycles. The Morgan fingerprint density at radius 2 is 2.20 bits per heavy atom. The van der Waals surface area contributed by atoms with Crippen LogP contribution in [0.25, 0.3) is 10.2 Å². The van der Waals surface area contributed by atoms with Crippen molar-refractivity contribution >= 4 is 27.5 Å². The minimum Gasteiger partial charge on any atom is -0.355 e. The van der Waals surface area contributed by atoms with Crippen LogP contribution in [0.1, 0.15) is 24.6 Å². The van der Waals surface area contributed by atoms with Gasteiger partial charge in [0, 0.05) is 11.4 Å². The maximum atomic E-state index is 12.2. The van der Waals surface area contributed by atoms with Gasteiger partial charge in [0.2, 0.25) is 5.91 Å². The topological polar surface area (TPSA) is 84.0 Å². The van der Waals surface area contributed by atoms with Crippen LogP contribution in [0, 0.1) is 6.92 Å². The Kier molecular flexibility index (Phi) is 4.39. The minimum atomic E-state index is -0.546. The number of amides is 1. The molecule has 0 aromatic carbocycles. The van der Waals surface area contributed by atoms with Crippen molar-refractivity contribution in [1.29, 1.82) is 0 Å². The molecule has 0 aliphatic rings. The molecule has 2 N–H and O–H groups in total. The zero-order valence-corrected chi connectivity index (χ0v) is 12.3. The Labute approximate surface area is 119 Å². The lowest BCUT2D eigenvalue weighted by Gasteiger charge is -2.06. The van der Waals surface area contributed by atoms with Crippen molar-refractivity contribution in [2.75, 3.05) is 6.54 Å². The molecule has 2 rings (SSSR count). The molecule has 0 saturated carbocycles. The van der Waals surface area contributed by atoms with Gasteiger partial charge in [-0.2, -0.15) is 0 Å². The van der Waals surface area contributed by atoms with Crippen molar-refractivity contribution in [2.45, 2.75) is 33.2 Å². The third kappa shape index (κ3) is 2.98. The summed E-state index contributed by atoms with van der Waals surface area (Å²) < 4.78 is 0.940. The summed E-state index contributed by atoms with van der Waals surface area (Å²) in [7, 11) is 0. The van der Waals surface area contributed by atoms with E-state index in [1.807, 2.05) is 13.8 Å². The molecule has 7 heteroatoms. The summed E-state index contributed by atoms with van der Waals surface area (Å²) in [5, 5.41) is 3.14. The molecule has 0 saturated heterocycles. The molecule has 1 amide bonds. The van der Waals surface area contributed by atoms with Gasteiger partial charge in [0.05, 0.1) is 5.39 Å². The number of fused-ring (bicyclic) bond motifs is 1. The highest BCUT2D eigenvalue weighted by Gasteiger charge is 2.12. The highest BCUT2D eigenvalue weighted by molar-refractivity contribution is 7.18. The molecule has 0 unspecified atom stereocenters. The van der Waals surface area contributed by atoms with Crippen molar-refractivity contribution < 1.29 is 4.79 Å². The molecule has 2 aromatic heterocycles. The number of nitrogens with one attached hydrogen (secondary N) is 2. The smallest absolute Gasteiger partial charge is 0.329 e. The number of carbonyl (C=O) groups excluding carboxylic acids is 1. The van der Waals surface area contributed by atoms with Crippen molar-refractivity contribution in [3.8, 4) is 0 Å². The first kappa shape index (κ1) is 14.5. The number of rotatable bonds is 5. The molecule has 0 spiro atoms. The van der Waals surface area contributed by atoms with Crippen molar-refractivity contribution in [1.82, 2.24) is 14.9 Å². The molecule has 0 atom stereocenters. The van der Waals surface area contributed by atoms with Crippen LogP contribution in [0.2, 0.25) is 0 Å². The maximum absolute atomic E-state index is 12.2. The van der Waals surface area contributed by atoms with Crippen LogP contribution in [-0.2, 0) is 11.3 Å². The SMILES string of the molecule is CCCCNC(=O)Cn1c(=O)[nH]c2sc(C)cc2c1=O. The monoisotopic (exact) mass is 295 g/mol. The number of hydrogen-bond donors (Lipinski definition) is 2. The highest BCUT2D eigenvalue weighted by Crippen LogP contribution is 2.18. The van der Waals surface area contributed by atoms with Crippen LogP contribution < -0.4 is 16.6 Å². The van der Waals surface area contributed by atoms with Crippen molar-refractivity contribution in [2.24, 2.45) is 0 Å². The molecule has 20 heavy (non-hydrogen) atoms.